The lowest BCUT2D eigenvalue weighted by atomic mass is 9.77. The minimum atomic E-state index is -1.59. The lowest BCUT2D eigenvalue weighted by Gasteiger charge is -2.34. The number of carbonyl (C=O) groups excluding carboxylic acids is 2. The predicted molar refractivity (Wildman–Crippen MR) is 131 cm³/mol. The van der Waals surface area contributed by atoms with Gasteiger partial charge in [0.15, 0.2) is 5.60 Å². The predicted octanol–water partition coefficient (Wildman–Crippen LogP) is 3.71. The van der Waals surface area contributed by atoms with Crippen LogP contribution in [0.4, 0.5) is 0 Å². The molecule has 1 aromatic rings. The summed E-state index contributed by atoms with van der Waals surface area (Å²) in [5.74, 6) is -1.52. The Bertz CT molecular complexity index is 1070. The van der Waals surface area contributed by atoms with Crippen LogP contribution in [-0.2, 0) is 19.1 Å². The second kappa shape index (κ2) is 8.39. The number of rotatable bonds is 4. The van der Waals surface area contributed by atoms with Gasteiger partial charge in [0, 0.05) is 25.0 Å². The van der Waals surface area contributed by atoms with Crippen LogP contribution in [0.2, 0.25) is 0 Å². The number of esters is 1. The van der Waals surface area contributed by atoms with Crippen molar-refractivity contribution in [1.82, 2.24) is 0 Å². The Morgan fingerprint density at radius 3 is 2.63 bits per heavy atom. The molecule has 188 valence electrons. The number of hydrogen-bond acceptors (Lipinski definition) is 6. The third-order valence-corrected chi connectivity index (χ3v) is 9.21. The van der Waals surface area contributed by atoms with Crippen LogP contribution in [-0.4, -0.2) is 52.0 Å². The molecule has 1 aliphatic heterocycles. The van der Waals surface area contributed by atoms with E-state index < -0.39 is 41.2 Å². The van der Waals surface area contributed by atoms with Crippen molar-refractivity contribution >= 4 is 17.8 Å². The maximum absolute atomic E-state index is 14.1. The first kappa shape index (κ1) is 24.4. The number of ketones is 1. The average molecular weight is 481 g/mol. The second-order valence-corrected chi connectivity index (χ2v) is 11.7. The van der Waals surface area contributed by atoms with E-state index in [1.165, 1.54) is 6.08 Å². The molecular formula is C29H36O6. The number of aliphatic hydroxyl groups excluding tert-OH is 2. The molecule has 4 aliphatic rings. The van der Waals surface area contributed by atoms with Gasteiger partial charge in [0.05, 0.1) is 23.7 Å². The summed E-state index contributed by atoms with van der Waals surface area (Å²) < 4.78 is 12.2. The van der Waals surface area contributed by atoms with E-state index in [0.717, 1.165) is 18.4 Å². The third kappa shape index (κ3) is 4.00. The Kier molecular flexibility index (Phi) is 5.86. The Morgan fingerprint density at radius 1 is 1.23 bits per heavy atom. The first-order chi connectivity index (χ1) is 16.5. The van der Waals surface area contributed by atoms with Crippen LogP contribution in [0.5, 0.6) is 0 Å². The molecule has 3 aliphatic carbocycles. The Morgan fingerprint density at radius 2 is 1.94 bits per heavy atom. The topological polar surface area (TPSA) is 96.4 Å². The highest BCUT2D eigenvalue weighted by molar-refractivity contribution is 6.04. The summed E-state index contributed by atoms with van der Waals surface area (Å²) in [6.07, 6.45) is 5.43. The summed E-state index contributed by atoms with van der Waals surface area (Å²) >= 11 is 0. The minimum Gasteiger partial charge on any atom is -0.447 e. The van der Waals surface area contributed by atoms with Crippen molar-refractivity contribution < 1.29 is 29.3 Å². The molecule has 6 heteroatoms. The third-order valence-electron chi connectivity index (χ3n) is 9.21. The van der Waals surface area contributed by atoms with Gasteiger partial charge in [0.1, 0.15) is 0 Å². The fourth-order valence-corrected chi connectivity index (χ4v) is 6.85. The highest BCUT2D eigenvalue weighted by Crippen LogP contribution is 2.64. The van der Waals surface area contributed by atoms with E-state index in [0.29, 0.717) is 11.5 Å². The summed E-state index contributed by atoms with van der Waals surface area (Å²) in [5, 5.41) is 21.3. The van der Waals surface area contributed by atoms with E-state index in [2.05, 4.69) is 13.8 Å². The van der Waals surface area contributed by atoms with Gasteiger partial charge in [-0.05, 0) is 61.2 Å². The first-order valence-electron chi connectivity index (χ1n) is 12.7. The molecule has 0 bridgehead atoms. The number of aliphatic hydroxyl groups is 2. The van der Waals surface area contributed by atoms with Crippen LogP contribution in [0, 0.1) is 29.1 Å². The minimum absolute atomic E-state index is 0.0672. The molecule has 5 rings (SSSR count). The van der Waals surface area contributed by atoms with Gasteiger partial charge in [-0.25, -0.2) is 4.79 Å². The van der Waals surface area contributed by atoms with E-state index in [-0.39, 0.29) is 30.1 Å². The first-order valence-corrected chi connectivity index (χ1v) is 12.7. The summed E-state index contributed by atoms with van der Waals surface area (Å²) in [7, 11) is 0. The zero-order chi connectivity index (χ0) is 25.2. The van der Waals surface area contributed by atoms with Gasteiger partial charge < -0.3 is 19.7 Å². The largest absolute Gasteiger partial charge is 0.447 e. The summed E-state index contributed by atoms with van der Waals surface area (Å²) in [4.78, 5) is 27.2. The molecule has 0 spiro atoms. The molecule has 0 radical (unpaired) electrons. The molecule has 35 heavy (non-hydrogen) atoms. The second-order valence-electron chi connectivity index (χ2n) is 11.7. The van der Waals surface area contributed by atoms with E-state index in [1.54, 1.807) is 13.0 Å². The lowest BCUT2D eigenvalue weighted by Crippen LogP contribution is -2.52. The molecule has 1 saturated heterocycles. The fourth-order valence-electron chi connectivity index (χ4n) is 6.85. The maximum Gasteiger partial charge on any atom is 0.331 e. The highest BCUT2D eigenvalue weighted by Gasteiger charge is 2.71. The number of ether oxygens (including phenoxy) is 2. The van der Waals surface area contributed by atoms with Crippen LogP contribution < -0.4 is 0 Å². The smallest absolute Gasteiger partial charge is 0.331 e. The molecule has 0 amide bonds. The van der Waals surface area contributed by atoms with Gasteiger partial charge >= 0.3 is 5.97 Å². The van der Waals surface area contributed by atoms with Crippen LogP contribution in [0.3, 0.4) is 0 Å². The van der Waals surface area contributed by atoms with Crippen molar-refractivity contribution in [2.24, 2.45) is 29.1 Å². The lowest BCUT2D eigenvalue weighted by molar-refractivity contribution is -0.168. The number of epoxide rings is 1. The molecule has 0 aromatic heterocycles. The maximum atomic E-state index is 14.1. The SMILES string of the molecule is C/C1=C\[C@@H]2[C@H](CC[C@@]3(C)O[C@@H]3[C@H]3[C@@H](O)[C@@H](CO)C[C@]3(OC(=O)/C=C/c3ccccc3)C1=O)C2(C)C. The van der Waals surface area contributed by atoms with Gasteiger partial charge in [0.2, 0.25) is 5.78 Å². The van der Waals surface area contributed by atoms with Crippen molar-refractivity contribution in [2.45, 2.75) is 70.4 Å². The van der Waals surface area contributed by atoms with Gasteiger partial charge in [-0.15, -0.1) is 0 Å². The molecule has 1 aromatic carbocycles. The number of Topliss-reactive ketones (excluding diaryl/α,β-unsaturated/α-hetero) is 1. The van der Waals surface area contributed by atoms with Gasteiger partial charge in [-0.1, -0.05) is 50.3 Å². The van der Waals surface area contributed by atoms with Crippen molar-refractivity contribution in [1.29, 1.82) is 0 Å². The number of allylic oxidation sites excluding steroid dienone is 1. The molecule has 3 fully saturated rings. The zero-order valence-corrected chi connectivity index (χ0v) is 20.9. The van der Waals surface area contributed by atoms with Crippen molar-refractivity contribution in [3.8, 4) is 0 Å². The zero-order valence-electron chi connectivity index (χ0n) is 20.9. The number of carbonyl (C=O) groups is 2. The van der Waals surface area contributed by atoms with Crippen molar-refractivity contribution in [3.63, 3.8) is 0 Å². The monoisotopic (exact) mass is 480 g/mol. The Labute approximate surface area is 207 Å². The van der Waals surface area contributed by atoms with E-state index in [1.807, 2.05) is 43.3 Å². The van der Waals surface area contributed by atoms with E-state index in [9.17, 15) is 19.8 Å². The van der Waals surface area contributed by atoms with Crippen LogP contribution in [0.25, 0.3) is 6.08 Å². The van der Waals surface area contributed by atoms with Crippen LogP contribution in [0.1, 0.15) is 52.5 Å². The van der Waals surface area contributed by atoms with Crippen molar-refractivity contribution in [3.05, 3.63) is 53.6 Å². The fraction of sp³-hybridized carbons (Fsp3) is 0.586. The molecule has 2 N–H and O–H groups in total. The van der Waals surface area contributed by atoms with Crippen LogP contribution >= 0.6 is 0 Å². The van der Waals surface area contributed by atoms with E-state index in [4.69, 9.17) is 9.47 Å². The standard InChI is InChI=1S/C29H36O6/c1-17-14-21-20(27(21,2)3)12-13-28(4)26(35-28)23-24(32)19(16-30)15-29(23,25(17)33)34-22(31)11-10-18-8-6-5-7-9-18/h5-11,14,19-21,23-24,26,30,32H,12-13,15-16H2,1-4H3/b11-10+,17-14+/t19-,20+,21-,23-,24+,26-,28-,29-/m1/s1. The Hall–Kier alpha value is -2.28. The molecule has 0 unspecified atom stereocenters. The molecule has 2 saturated carbocycles. The number of fused-ring (bicyclic) bond motifs is 4. The summed E-state index contributed by atoms with van der Waals surface area (Å²) in [6, 6.07) is 9.38. The Balaban J connectivity index is 1.54. The van der Waals surface area contributed by atoms with Gasteiger partial charge in [0.25, 0.3) is 0 Å². The van der Waals surface area contributed by atoms with Gasteiger partial charge in [-0.2, -0.15) is 0 Å². The van der Waals surface area contributed by atoms with E-state index >= 15 is 0 Å². The average Bonchev–Trinajstić information content (AvgIpc) is 3.59. The normalized spacial score (nSPS) is 43.3. The quantitative estimate of drug-likeness (QED) is 0.388. The van der Waals surface area contributed by atoms with Crippen molar-refractivity contribution in [2.75, 3.05) is 6.61 Å². The van der Waals surface area contributed by atoms with Crippen LogP contribution in [0.15, 0.2) is 48.1 Å². The molecule has 6 nitrogen and oxygen atoms in total. The molecule has 8 atom stereocenters. The molecule has 1 heterocycles. The highest BCUT2D eigenvalue weighted by atomic mass is 16.6. The molecular weight excluding hydrogens is 444 g/mol. The number of hydrogen-bond donors (Lipinski definition) is 2. The summed E-state index contributed by atoms with van der Waals surface area (Å²) in [5.41, 5.74) is -0.595. The number of benzene rings is 1. The summed E-state index contributed by atoms with van der Waals surface area (Å²) in [6.45, 7) is 7.96. The van der Waals surface area contributed by atoms with Gasteiger partial charge in [-0.3, -0.25) is 4.79 Å².